The average molecular weight is 294 g/mol. The first-order valence-corrected chi connectivity index (χ1v) is 7.72. The Kier molecular flexibility index (Phi) is 7.37. The second kappa shape index (κ2) is 8.78. The summed E-state index contributed by atoms with van der Waals surface area (Å²) in [5, 5.41) is 6.10. The van der Waals surface area contributed by atoms with Gasteiger partial charge in [-0.15, -0.1) is 0 Å². The largest absolute Gasteiger partial charge is 0.355 e. The van der Waals surface area contributed by atoms with Crippen LogP contribution < -0.4 is 10.6 Å². The first-order chi connectivity index (χ1) is 9.95. The third-order valence-electron chi connectivity index (χ3n) is 3.58. The minimum atomic E-state index is -0.253. The zero-order valence-electron chi connectivity index (χ0n) is 13.6. The zero-order valence-corrected chi connectivity index (χ0v) is 13.6. The lowest BCUT2D eigenvalue weighted by atomic mass is 10.1. The van der Waals surface area contributed by atoms with Gasteiger partial charge in [0.05, 0.1) is 6.04 Å². The number of aryl methyl sites for hydroxylation is 2. The molecule has 1 aromatic rings. The lowest BCUT2D eigenvalue weighted by Gasteiger charge is -2.15. The molecule has 0 spiro atoms. The molecular formula is C17H27FN2O. The quantitative estimate of drug-likeness (QED) is 0.723. The van der Waals surface area contributed by atoms with Gasteiger partial charge in [-0.2, -0.15) is 0 Å². The molecule has 0 aliphatic carbocycles. The van der Waals surface area contributed by atoms with Gasteiger partial charge >= 0.3 is 0 Å². The summed E-state index contributed by atoms with van der Waals surface area (Å²) < 4.78 is 13.6. The van der Waals surface area contributed by atoms with Gasteiger partial charge in [0.15, 0.2) is 0 Å². The Morgan fingerprint density at radius 3 is 2.43 bits per heavy atom. The van der Waals surface area contributed by atoms with Crippen LogP contribution in [-0.2, 0) is 11.3 Å². The van der Waals surface area contributed by atoms with Crippen molar-refractivity contribution in [2.75, 3.05) is 6.54 Å². The normalized spacial score (nSPS) is 12.2. The van der Waals surface area contributed by atoms with E-state index in [0.717, 1.165) is 31.4 Å². The van der Waals surface area contributed by atoms with Gasteiger partial charge in [0, 0.05) is 13.1 Å². The summed E-state index contributed by atoms with van der Waals surface area (Å²) in [5.41, 5.74) is 2.28. The summed E-state index contributed by atoms with van der Waals surface area (Å²) >= 11 is 0. The Hall–Kier alpha value is -1.42. The summed E-state index contributed by atoms with van der Waals surface area (Å²) in [4.78, 5) is 11.9. The fourth-order valence-electron chi connectivity index (χ4n) is 2.24. The number of rotatable bonds is 8. The maximum absolute atomic E-state index is 13.6. The van der Waals surface area contributed by atoms with E-state index in [9.17, 15) is 9.18 Å². The molecule has 1 atom stereocenters. The van der Waals surface area contributed by atoms with Gasteiger partial charge in [-0.25, -0.2) is 4.39 Å². The van der Waals surface area contributed by atoms with Crippen LogP contribution in [-0.4, -0.2) is 18.5 Å². The molecule has 0 radical (unpaired) electrons. The molecule has 1 unspecified atom stereocenters. The fourth-order valence-corrected chi connectivity index (χ4v) is 2.24. The molecule has 0 fully saturated rings. The lowest BCUT2D eigenvalue weighted by Crippen LogP contribution is -2.42. The lowest BCUT2D eigenvalue weighted by molar-refractivity contribution is -0.122. The van der Waals surface area contributed by atoms with Crippen LogP contribution in [0.5, 0.6) is 0 Å². The first kappa shape index (κ1) is 17.6. The van der Waals surface area contributed by atoms with Crippen molar-refractivity contribution in [1.82, 2.24) is 10.6 Å². The molecule has 118 valence electrons. The monoisotopic (exact) mass is 294 g/mol. The van der Waals surface area contributed by atoms with Crippen molar-refractivity contribution in [3.05, 3.63) is 34.6 Å². The van der Waals surface area contributed by atoms with Crippen LogP contribution in [0.25, 0.3) is 0 Å². The van der Waals surface area contributed by atoms with E-state index in [1.54, 1.807) is 13.8 Å². The molecule has 0 saturated heterocycles. The standard InChI is InChI=1S/C17H27FN2O/c1-5-6-7-8-19-17(21)14(4)20-11-15-9-12(2)16(18)13(3)10-15/h9-10,14,20H,5-8,11H2,1-4H3,(H,19,21). The van der Waals surface area contributed by atoms with E-state index in [1.807, 2.05) is 19.1 Å². The molecule has 3 nitrogen and oxygen atoms in total. The summed E-state index contributed by atoms with van der Waals surface area (Å²) in [5.74, 6) is -0.137. The summed E-state index contributed by atoms with van der Waals surface area (Å²) in [6.07, 6.45) is 3.30. The van der Waals surface area contributed by atoms with Crippen LogP contribution in [0.15, 0.2) is 12.1 Å². The van der Waals surface area contributed by atoms with Gasteiger partial charge in [0.1, 0.15) is 5.82 Å². The number of hydrogen-bond acceptors (Lipinski definition) is 2. The Labute approximate surface area is 127 Å². The number of hydrogen-bond donors (Lipinski definition) is 2. The number of benzene rings is 1. The maximum atomic E-state index is 13.6. The van der Waals surface area contributed by atoms with Gasteiger partial charge in [-0.1, -0.05) is 31.9 Å². The molecule has 0 aliphatic rings. The Balaban J connectivity index is 2.42. The maximum Gasteiger partial charge on any atom is 0.236 e. The average Bonchev–Trinajstić information content (AvgIpc) is 2.46. The molecule has 0 bridgehead atoms. The number of unbranched alkanes of at least 4 members (excludes halogenated alkanes) is 2. The van der Waals surface area contributed by atoms with Crippen molar-refractivity contribution in [2.24, 2.45) is 0 Å². The van der Waals surface area contributed by atoms with Crippen molar-refractivity contribution in [3.63, 3.8) is 0 Å². The molecule has 1 amide bonds. The molecule has 2 N–H and O–H groups in total. The van der Waals surface area contributed by atoms with Crippen LogP contribution in [0, 0.1) is 19.7 Å². The summed E-state index contributed by atoms with van der Waals surface area (Å²) in [6.45, 7) is 8.79. The highest BCUT2D eigenvalue weighted by atomic mass is 19.1. The summed E-state index contributed by atoms with van der Waals surface area (Å²) in [6, 6.07) is 3.39. The fraction of sp³-hybridized carbons (Fsp3) is 0.588. The minimum Gasteiger partial charge on any atom is -0.355 e. The summed E-state index contributed by atoms with van der Waals surface area (Å²) in [7, 11) is 0. The van der Waals surface area contributed by atoms with Crippen LogP contribution in [0.4, 0.5) is 4.39 Å². The van der Waals surface area contributed by atoms with Crippen molar-refractivity contribution < 1.29 is 9.18 Å². The third kappa shape index (κ3) is 5.84. The molecule has 0 heterocycles. The van der Waals surface area contributed by atoms with Gasteiger partial charge in [0.25, 0.3) is 0 Å². The van der Waals surface area contributed by atoms with E-state index in [4.69, 9.17) is 0 Å². The van der Waals surface area contributed by atoms with Gasteiger partial charge in [-0.05, 0) is 43.9 Å². The van der Waals surface area contributed by atoms with Crippen LogP contribution >= 0.6 is 0 Å². The van der Waals surface area contributed by atoms with Crippen molar-refractivity contribution in [3.8, 4) is 0 Å². The molecule has 0 saturated carbocycles. The SMILES string of the molecule is CCCCCNC(=O)C(C)NCc1cc(C)c(F)c(C)c1. The van der Waals surface area contributed by atoms with Crippen molar-refractivity contribution in [2.45, 2.75) is 59.5 Å². The Bertz CT molecular complexity index is 451. The second-order valence-electron chi connectivity index (χ2n) is 5.64. The predicted octanol–water partition coefficient (Wildman–Crippen LogP) is 3.23. The minimum absolute atomic E-state index is 0.0154. The van der Waals surface area contributed by atoms with E-state index in [1.165, 1.54) is 0 Å². The van der Waals surface area contributed by atoms with E-state index >= 15 is 0 Å². The van der Waals surface area contributed by atoms with Gasteiger partial charge < -0.3 is 10.6 Å². The highest BCUT2D eigenvalue weighted by Gasteiger charge is 2.12. The number of carbonyl (C=O) groups excluding carboxylic acids is 1. The van der Waals surface area contributed by atoms with E-state index in [0.29, 0.717) is 17.7 Å². The molecule has 21 heavy (non-hydrogen) atoms. The molecular weight excluding hydrogens is 267 g/mol. The second-order valence-corrected chi connectivity index (χ2v) is 5.64. The molecule has 4 heteroatoms. The number of carbonyl (C=O) groups is 1. The number of halogens is 1. The predicted molar refractivity (Wildman–Crippen MR) is 84.7 cm³/mol. The highest BCUT2D eigenvalue weighted by molar-refractivity contribution is 5.81. The van der Waals surface area contributed by atoms with Gasteiger partial charge in [0.2, 0.25) is 5.91 Å². The zero-order chi connectivity index (χ0) is 15.8. The molecule has 1 rings (SSSR count). The number of nitrogens with one attached hydrogen (secondary N) is 2. The number of amides is 1. The molecule has 0 aromatic heterocycles. The van der Waals surface area contributed by atoms with Crippen molar-refractivity contribution >= 4 is 5.91 Å². The Morgan fingerprint density at radius 1 is 1.24 bits per heavy atom. The smallest absolute Gasteiger partial charge is 0.236 e. The van der Waals surface area contributed by atoms with E-state index < -0.39 is 0 Å². The first-order valence-electron chi connectivity index (χ1n) is 7.72. The topological polar surface area (TPSA) is 41.1 Å². The van der Waals surface area contributed by atoms with E-state index in [-0.39, 0.29) is 17.8 Å². The van der Waals surface area contributed by atoms with Crippen LogP contribution in [0.3, 0.4) is 0 Å². The van der Waals surface area contributed by atoms with E-state index in [2.05, 4.69) is 17.6 Å². The van der Waals surface area contributed by atoms with Crippen molar-refractivity contribution in [1.29, 1.82) is 0 Å². The van der Waals surface area contributed by atoms with Crippen LogP contribution in [0.1, 0.15) is 49.8 Å². The Morgan fingerprint density at radius 2 is 1.86 bits per heavy atom. The van der Waals surface area contributed by atoms with Gasteiger partial charge in [-0.3, -0.25) is 4.79 Å². The third-order valence-corrected chi connectivity index (χ3v) is 3.58. The highest BCUT2D eigenvalue weighted by Crippen LogP contribution is 2.14. The molecule has 0 aliphatic heterocycles. The molecule has 1 aromatic carbocycles. The van der Waals surface area contributed by atoms with Crippen LogP contribution in [0.2, 0.25) is 0 Å².